The van der Waals surface area contributed by atoms with Gasteiger partial charge < -0.3 is 13.6 Å². The van der Waals surface area contributed by atoms with Gasteiger partial charge in [0.05, 0.1) is 13.2 Å². The van der Waals surface area contributed by atoms with Crippen LogP contribution >= 0.6 is 0 Å². The lowest BCUT2D eigenvalue weighted by molar-refractivity contribution is 0.145. The molecule has 0 saturated heterocycles. The zero-order valence-electron chi connectivity index (χ0n) is 11.5. The molecule has 3 nitrogen and oxygen atoms in total. The minimum absolute atomic E-state index is 0.488. The average Bonchev–Trinajstić information content (AvgIpc) is 1.96. The highest BCUT2D eigenvalue weighted by molar-refractivity contribution is 6.70. The largest absolute Gasteiger partial charge is 0.545 e. The Bertz CT molecular complexity index is 272. The summed E-state index contributed by atoms with van der Waals surface area (Å²) >= 11 is 0. The molecule has 0 aliphatic rings. The first kappa shape index (κ1) is 15.3. The molecule has 0 N–H and O–H groups in total. The molecule has 0 heterocycles. The molecule has 0 atom stereocenters. The van der Waals surface area contributed by atoms with Crippen LogP contribution in [0.3, 0.4) is 0 Å². The Balaban J connectivity index is 4.53. The van der Waals surface area contributed by atoms with Crippen molar-refractivity contribution in [1.29, 1.82) is 0 Å². The molecule has 0 radical (unpaired) electrons. The first-order chi connectivity index (χ1) is 7.03. The van der Waals surface area contributed by atoms with Gasteiger partial charge in [0.25, 0.3) is 5.95 Å². The Labute approximate surface area is 101 Å². The monoisotopic (exact) mass is 260 g/mol. The molecule has 0 saturated carbocycles. The molecule has 0 aliphatic heterocycles. The third kappa shape index (κ3) is 8.61. The van der Waals surface area contributed by atoms with Crippen LogP contribution in [-0.4, -0.2) is 23.7 Å². The van der Waals surface area contributed by atoms with Gasteiger partial charge in [0.15, 0.2) is 0 Å². The van der Waals surface area contributed by atoms with Gasteiger partial charge in [-0.05, 0) is 39.3 Å². The van der Waals surface area contributed by atoms with Crippen LogP contribution in [0.5, 0.6) is 0 Å². The highest BCUT2D eigenvalue weighted by Crippen LogP contribution is 2.15. The lowest BCUT2D eigenvalue weighted by Crippen LogP contribution is -2.26. The number of ether oxygens (including phenoxy) is 1. The summed E-state index contributed by atoms with van der Waals surface area (Å²) in [5, 5.41) is 0. The van der Waals surface area contributed by atoms with Crippen LogP contribution in [0.2, 0.25) is 39.3 Å². The van der Waals surface area contributed by atoms with E-state index in [4.69, 9.17) is 13.6 Å². The molecule has 16 heavy (non-hydrogen) atoms. The molecule has 0 amide bonds. The standard InChI is InChI=1S/C11H24O3Si2/c1-10(13-15(3,4)5)9-11(12-2)14-16(6,7)8/h9H,1H2,2-8H3/b11-9+. The van der Waals surface area contributed by atoms with Crippen molar-refractivity contribution in [3.05, 3.63) is 24.4 Å². The van der Waals surface area contributed by atoms with Crippen molar-refractivity contribution in [3.8, 4) is 0 Å². The lowest BCUT2D eigenvalue weighted by Gasteiger charge is -2.22. The van der Waals surface area contributed by atoms with E-state index in [2.05, 4.69) is 45.9 Å². The van der Waals surface area contributed by atoms with Crippen LogP contribution in [0, 0.1) is 0 Å². The van der Waals surface area contributed by atoms with Crippen LogP contribution in [0.25, 0.3) is 0 Å². The molecule has 5 heteroatoms. The number of rotatable bonds is 6. The summed E-state index contributed by atoms with van der Waals surface area (Å²) in [5.74, 6) is 1.09. The van der Waals surface area contributed by atoms with E-state index < -0.39 is 16.6 Å². The van der Waals surface area contributed by atoms with Crippen molar-refractivity contribution in [2.45, 2.75) is 39.3 Å². The van der Waals surface area contributed by atoms with Gasteiger partial charge >= 0.3 is 0 Å². The van der Waals surface area contributed by atoms with Gasteiger partial charge in [-0.3, -0.25) is 0 Å². The van der Waals surface area contributed by atoms with Crippen molar-refractivity contribution in [2.24, 2.45) is 0 Å². The summed E-state index contributed by atoms with van der Waals surface area (Å²) in [6.07, 6.45) is 1.72. The summed E-state index contributed by atoms with van der Waals surface area (Å²) in [6, 6.07) is 0. The Morgan fingerprint density at radius 3 is 1.69 bits per heavy atom. The second-order valence-electron chi connectivity index (χ2n) is 5.56. The van der Waals surface area contributed by atoms with E-state index in [0.717, 1.165) is 0 Å². The summed E-state index contributed by atoms with van der Waals surface area (Å²) in [6.45, 7) is 16.5. The number of hydrogen-bond acceptors (Lipinski definition) is 3. The first-order valence-corrected chi connectivity index (χ1v) is 12.2. The molecule has 0 rings (SSSR count). The zero-order valence-corrected chi connectivity index (χ0v) is 13.5. The fourth-order valence-corrected chi connectivity index (χ4v) is 2.58. The maximum Gasteiger partial charge on any atom is 0.268 e. The molecule has 0 aromatic heterocycles. The van der Waals surface area contributed by atoms with Gasteiger partial charge in [0, 0.05) is 0 Å². The molecule has 0 aliphatic carbocycles. The maximum absolute atomic E-state index is 5.72. The smallest absolute Gasteiger partial charge is 0.268 e. The zero-order chi connectivity index (χ0) is 13.0. The van der Waals surface area contributed by atoms with Crippen LogP contribution in [0.15, 0.2) is 24.4 Å². The normalized spacial score (nSPS) is 13.3. The van der Waals surface area contributed by atoms with Crippen LogP contribution in [0.4, 0.5) is 0 Å². The SMILES string of the molecule is C=C(/C=C(\OC)O[Si](C)(C)C)O[Si](C)(C)C. The Hall–Kier alpha value is -0.686. The summed E-state index contributed by atoms with van der Waals surface area (Å²) in [7, 11) is -1.66. The third-order valence-corrected chi connectivity index (χ3v) is 3.01. The average molecular weight is 260 g/mol. The number of methoxy groups -OCH3 is 1. The highest BCUT2D eigenvalue weighted by atomic mass is 28.4. The summed E-state index contributed by atoms with van der Waals surface area (Å²) < 4.78 is 16.6. The van der Waals surface area contributed by atoms with E-state index in [-0.39, 0.29) is 0 Å². The number of hydrogen-bond donors (Lipinski definition) is 0. The highest BCUT2D eigenvalue weighted by Gasteiger charge is 2.20. The van der Waals surface area contributed by atoms with Crippen molar-refractivity contribution in [1.82, 2.24) is 0 Å². The van der Waals surface area contributed by atoms with Gasteiger partial charge in [0.2, 0.25) is 16.6 Å². The van der Waals surface area contributed by atoms with E-state index >= 15 is 0 Å². The minimum Gasteiger partial charge on any atom is -0.545 e. The van der Waals surface area contributed by atoms with E-state index in [0.29, 0.717) is 11.7 Å². The number of allylic oxidation sites excluding steroid dienone is 1. The summed E-state index contributed by atoms with van der Waals surface area (Å²) in [5.41, 5.74) is 0. The predicted octanol–water partition coefficient (Wildman–Crippen LogP) is 3.69. The Kier molecular flexibility index (Phi) is 5.35. The molecule has 0 spiro atoms. The van der Waals surface area contributed by atoms with E-state index in [1.165, 1.54) is 0 Å². The topological polar surface area (TPSA) is 27.7 Å². The van der Waals surface area contributed by atoms with Gasteiger partial charge in [-0.15, -0.1) is 0 Å². The van der Waals surface area contributed by atoms with E-state index in [9.17, 15) is 0 Å². The fourth-order valence-electron chi connectivity index (χ4n) is 0.986. The van der Waals surface area contributed by atoms with Gasteiger partial charge in [-0.2, -0.15) is 0 Å². The van der Waals surface area contributed by atoms with E-state index in [1.54, 1.807) is 13.2 Å². The second-order valence-corrected chi connectivity index (χ2v) is 14.4. The van der Waals surface area contributed by atoms with Crippen molar-refractivity contribution in [2.75, 3.05) is 7.11 Å². The molecule has 0 unspecified atom stereocenters. The predicted molar refractivity (Wildman–Crippen MR) is 73.1 cm³/mol. The maximum atomic E-state index is 5.72. The second kappa shape index (κ2) is 5.59. The van der Waals surface area contributed by atoms with Crippen LogP contribution < -0.4 is 0 Å². The molecular weight excluding hydrogens is 236 g/mol. The first-order valence-electron chi connectivity index (χ1n) is 5.36. The van der Waals surface area contributed by atoms with Crippen molar-refractivity contribution in [3.63, 3.8) is 0 Å². The molecule has 0 bridgehead atoms. The van der Waals surface area contributed by atoms with Crippen LogP contribution in [0.1, 0.15) is 0 Å². The minimum atomic E-state index is -1.65. The Morgan fingerprint density at radius 2 is 1.38 bits per heavy atom. The quantitative estimate of drug-likeness (QED) is 0.414. The Morgan fingerprint density at radius 1 is 0.938 bits per heavy atom. The van der Waals surface area contributed by atoms with Crippen LogP contribution in [-0.2, 0) is 13.6 Å². The summed E-state index contributed by atoms with van der Waals surface area (Å²) in [4.78, 5) is 0. The molecule has 0 aromatic carbocycles. The molecular formula is C11H24O3Si2. The molecule has 94 valence electrons. The fraction of sp³-hybridized carbons (Fsp3) is 0.636. The van der Waals surface area contributed by atoms with Crippen molar-refractivity contribution < 1.29 is 13.6 Å². The van der Waals surface area contributed by atoms with Gasteiger partial charge in [-0.1, -0.05) is 6.58 Å². The van der Waals surface area contributed by atoms with Crippen molar-refractivity contribution >= 4 is 16.6 Å². The lowest BCUT2D eigenvalue weighted by atomic mass is 10.5. The third-order valence-electron chi connectivity index (χ3n) is 1.32. The van der Waals surface area contributed by atoms with E-state index in [1.807, 2.05) is 0 Å². The van der Waals surface area contributed by atoms with Gasteiger partial charge in [-0.25, -0.2) is 0 Å². The molecule has 0 aromatic rings. The van der Waals surface area contributed by atoms with Gasteiger partial charge in [0.1, 0.15) is 5.76 Å². The molecule has 0 fully saturated rings.